The van der Waals surface area contributed by atoms with Gasteiger partial charge in [0.2, 0.25) is 5.91 Å². The first-order chi connectivity index (χ1) is 11.4. The lowest BCUT2D eigenvalue weighted by atomic mass is 10.2. The largest absolute Gasteiger partial charge is 0.478 e. The third-order valence-corrected chi connectivity index (χ3v) is 3.48. The molecule has 7 heteroatoms. The molecule has 0 aliphatic rings. The summed E-state index contributed by atoms with van der Waals surface area (Å²) in [6.07, 6.45) is 1.52. The average molecular weight is 330 g/mol. The highest BCUT2D eigenvalue weighted by Crippen LogP contribution is 2.22. The number of hydrogen-bond acceptors (Lipinski definition) is 5. The second-order valence-electron chi connectivity index (χ2n) is 5.00. The molecule has 0 spiro atoms. The first-order valence-corrected chi connectivity index (χ1v) is 7.49. The van der Waals surface area contributed by atoms with Gasteiger partial charge in [0.1, 0.15) is 11.3 Å². The van der Waals surface area contributed by atoms with Crippen LogP contribution in [-0.2, 0) is 9.59 Å². The summed E-state index contributed by atoms with van der Waals surface area (Å²) < 4.78 is 5.26. The molecular weight excluding hydrogens is 312 g/mol. The normalized spacial score (nSPS) is 10.9. The number of benzene rings is 1. The smallest absolute Gasteiger partial charge is 0.360 e. The number of carboxylic acids is 1. The molecule has 0 radical (unpaired) electrons. The molecule has 24 heavy (non-hydrogen) atoms. The molecule has 1 amide bonds. The van der Waals surface area contributed by atoms with Gasteiger partial charge in [0.25, 0.3) is 0 Å². The van der Waals surface area contributed by atoms with Crippen LogP contribution in [0.4, 0.5) is 11.4 Å². The zero-order valence-corrected chi connectivity index (χ0v) is 13.4. The Morgan fingerprint density at radius 2 is 1.92 bits per heavy atom. The molecule has 1 heterocycles. The van der Waals surface area contributed by atoms with Crippen LogP contribution in [0, 0.1) is 0 Å². The quantitative estimate of drug-likeness (QED) is 0.622. The van der Waals surface area contributed by atoms with Gasteiger partial charge in [0.15, 0.2) is 0 Å². The van der Waals surface area contributed by atoms with E-state index in [-0.39, 0.29) is 5.69 Å². The number of carboxylic acid groups (broad SMARTS) is 1. The minimum absolute atomic E-state index is 0.0434. The summed E-state index contributed by atoms with van der Waals surface area (Å²) >= 11 is 0. The van der Waals surface area contributed by atoms with E-state index in [1.54, 1.807) is 12.1 Å². The number of nitrogens with zero attached hydrogens (tertiary/aromatic N) is 1. The maximum Gasteiger partial charge on any atom is 0.360 e. The van der Waals surface area contributed by atoms with E-state index in [9.17, 15) is 14.4 Å². The molecule has 0 fully saturated rings. The third kappa shape index (κ3) is 4.01. The van der Waals surface area contributed by atoms with Crippen molar-refractivity contribution >= 4 is 34.2 Å². The van der Waals surface area contributed by atoms with Crippen molar-refractivity contribution in [2.75, 3.05) is 23.3 Å². The van der Waals surface area contributed by atoms with Crippen LogP contribution < -0.4 is 15.8 Å². The lowest BCUT2D eigenvalue weighted by molar-refractivity contribution is -0.131. The Balaban J connectivity index is 2.33. The van der Waals surface area contributed by atoms with E-state index in [4.69, 9.17) is 9.52 Å². The Morgan fingerprint density at radius 1 is 1.21 bits per heavy atom. The van der Waals surface area contributed by atoms with Gasteiger partial charge in [-0.15, -0.1) is 0 Å². The van der Waals surface area contributed by atoms with E-state index >= 15 is 0 Å². The number of anilines is 2. The molecule has 0 aliphatic carbocycles. The fourth-order valence-corrected chi connectivity index (χ4v) is 2.29. The van der Waals surface area contributed by atoms with E-state index in [0.29, 0.717) is 17.0 Å². The molecule has 1 aromatic carbocycles. The van der Waals surface area contributed by atoms with Crippen molar-refractivity contribution in [3.63, 3.8) is 0 Å². The number of hydrogen-bond donors (Lipinski definition) is 2. The van der Waals surface area contributed by atoms with E-state index in [0.717, 1.165) is 24.9 Å². The summed E-state index contributed by atoms with van der Waals surface area (Å²) in [5.41, 5.74) is 0.620. The van der Waals surface area contributed by atoms with Crippen molar-refractivity contribution in [2.45, 2.75) is 13.8 Å². The number of fused-ring (bicyclic) bond motifs is 1. The lowest BCUT2D eigenvalue weighted by Crippen LogP contribution is -2.21. The Morgan fingerprint density at radius 3 is 2.54 bits per heavy atom. The molecular formula is C17H18N2O5. The van der Waals surface area contributed by atoms with Crippen LogP contribution in [0.1, 0.15) is 13.8 Å². The number of amides is 1. The van der Waals surface area contributed by atoms with E-state index < -0.39 is 17.5 Å². The van der Waals surface area contributed by atoms with Crippen LogP contribution >= 0.6 is 0 Å². The molecule has 2 aromatic rings. The minimum atomic E-state index is -1.25. The number of aliphatic carboxylic acids is 1. The van der Waals surface area contributed by atoms with Crippen molar-refractivity contribution in [3.05, 3.63) is 46.8 Å². The number of carbonyl (C=O) groups excluding carboxylic acids is 1. The van der Waals surface area contributed by atoms with Gasteiger partial charge in [0.05, 0.1) is 0 Å². The van der Waals surface area contributed by atoms with Crippen LogP contribution in [0.25, 0.3) is 11.0 Å². The zero-order valence-electron chi connectivity index (χ0n) is 13.4. The van der Waals surface area contributed by atoms with Gasteiger partial charge in [-0.2, -0.15) is 0 Å². The molecule has 0 aliphatic heterocycles. The van der Waals surface area contributed by atoms with Crippen LogP contribution in [0.15, 0.2) is 45.6 Å². The summed E-state index contributed by atoms with van der Waals surface area (Å²) in [5, 5.41) is 11.5. The molecule has 0 unspecified atom stereocenters. The maximum absolute atomic E-state index is 12.0. The van der Waals surface area contributed by atoms with Gasteiger partial charge in [0, 0.05) is 42.4 Å². The van der Waals surface area contributed by atoms with Gasteiger partial charge in [-0.3, -0.25) is 4.79 Å². The van der Waals surface area contributed by atoms with Crippen LogP contribution in [-0.4, -0.2) is 30.1 Å². The van der Waals surface area contributed by atoms with Crippen LogP contribution in [0.3, 0.4) is 0 Å². The molecule has 0 atom stereocenters. The van der Waals surface area contributed by atoms with Crippen molar-refractivity contribution in [1.82, 2.24) is 0 Å². The summed E-state index contributed by atoms with van der Waals surface area (Å²) in [6.45, 7) is 5.73. The van der Waals surface area contributed by atoms with Crippen molar-refractivity contribution in [3.8, 4) is 0 Å². The Labute approximate surface area is 138 Å². The SMILES string of the molecule is CCN(CC)c1ccc2cc(NC(=O)/C=C/C(=O)O)c(=O)oc2c1. The lowest BCUT2D eigenvalue weighted by Gasteiger charge is -2.21. The van der Waals surface area contributed by atoms with Crippen molar-refractivity contribution in [2.24, 2.45) is 0 Å². The molecule has 2 rings (SSSR count). The molecule has 1 aromatic heterocycles. The first kappa shape index (κ1) is 17.3. The second-order valence-corrected chi connectivity index (χ2v) is 5.00. The average Bonchev–Trinajstić information content (AvgIpc) is 2.55. The van der Waals surface area contributed by atoms with Gasteiger partial charge < -0.3 is 19.7 Å². The predicted octanol–water partition coefficient (Wildman–Crippen LogP) is 2.22. The molecule has 126 valence electrons. The Bertz CT molecular complexity index is 850. The van der Waals surface area contributed by atoms with Crippen molar-refractivity contribution < 1.29 is 19.1 Å². The van der Waals surface area contributed by atoms with Gasteiger partial charge in [-0.05, 0) is 32.0 Å². The monoisotopic (exact) mass is 330 g/mol. The summed E-state index contributed by atoms with van der Waals surface area (Å²) in [4.78, 5) is 36.1. The van der Waals surface area contributed by atoms with Crippen LogP contribution in [0.2, 0.25) is 0 Å². The maximum atomic E-state index is 12.0. The van der Waals surface area contributed by atoms with Gasteiger partial charge in [-0.1, -0.05) is 0 Å². The van der Waals surface area contributed by atoms with E-state index in [1.807, 2.05) is 19.9 Å². The number of nitrogens with one attached hydrogen (secondary N) is 1. The summed E-state index contributed by atoms with van der Waals surface area (Å²) in [5.74, 6) is -1.97. The highest BCUT2D eigenvalue weighted by molar-refractivity contribution is 6.02. The van der Waals surface area contributed by atoms with Gasteiger partial charge in [-0.25, -0.2) is 9.59 Å². The first-order valence-electron chi connectivity index (χ1n) is 7.49. The van der Waals surface area contributed by atoms with E-state index in [1.165, 1.54) is 6.07 Å². The topological polar surface area (TPSA) is 99.9 Å². The molecule has 7 nitrogen and oxygen atoms in total. The Kier molecular flexibility index (Phi) is 5.36. The fourth-order valence-electron chi connectivity index (χ4n) is 2.29. The third-order valence-electron chi connectivity index (χ3n) is 3.48. The summed E-state index contributed by atoms with van der Waals surface area (Å²) in [7, 11) is 0. The van der Waals surface area contributed by atoms with Gasteiger partial charge >= 0.3 is 11.6 Å². The standard InChI is InChI=1S/C17H18N2O5/c1-3-19(4-2)12-6-5-11-9-13(17(23)24-14(11)10-12)18-15(20)7-8-16(21)22/h5-10H,3-4H2,1-2H3,(H,18,20)(H,21,22)/b8-7+. The highest BCUT2D eigenvalue weighted by atomic mass is 16.4. The predicted molar refractivity (Wildman–Crippen MR) is 91.5 cm³/mol. The van der Waals surface area contributed by atoms with E-state index in [2.05, 4.69) is 10.2 Å². The van der Waals surface area contributed by atoms with Crippen molar-refractivity contribution in [1.29, 1.82) is 0 Å². The van der Waals surface area contributed by atoms with Crippen LogP contribution in [0.5, 0.6) is 0 Å². The minimum Gasteiger partial charge on any atom is -0.478 e. The summed E-state index contributed by atoms with van der Waals surface area (Å²) in [6, 6.07) is 6.99. The number of rotatable bonds is 6. The Hall–Kier alpha value is -3.09. The highest BCUT2D eigenvalue weighted by Gasteiger charge is 2.10. The zero-order chi connectivity index (χ0) is 17.7. The molecule has 0 bridgehead atoms. The number of carbonyl (C=O) groups is 2. The second kappa shape index (κ2) is 7.45. The fraction of sp³-hybridized carbons (Fsp3) is 0.235. The molecule has 0 saturated heterocycles. The molecule has 0 saturated carbocycles. The molecule has 2 N–H and O–H groups in total.